The summed E-state index contributed by atoms with van der Waals surface area (Å²) in [5.74, 6) is 0.426. The van der Waals surface area contributed by atoms with Gasteiger partial charge in [0.05, 0.1) is 18.7 Å². The molecule has 34 heavy (non-hydrogen) atoms. The maximum absolute atomic E-state index is 12.4. The Bertz CT molecular complexity index is 697. The number of unbranched alkanes of at least 4 members (excludes halogenated alkanes) is 11. The summed E-state index contributed by atoms with van der Waals surface area (Å²) in [5, 5.41) is 24.5. The lowest BCUT2D eigenvalue weighted by atomic mass is 10.1. The maximum atomic E-state index is 12.4. The number of pyridine rings is 1. The third kappa shape index (κ3) is 11.7. The number of rotatable bonds is 18. The van der Waals surface area contributed by atoms with Crippen LogP contribution in [0.4, 0.5) is 5.82 Å². The first-order valence-corrected chi connectivity index (χ1v) is 12.8. The molecule has 0 radical (unpaired) electrons. The van der Waals surface area contributed by atoms with Gasteiger partial charge in [-0.1, -0.05) is 57.8 Å². The number of anilines is 1. The average molecular weight is 480 g/mol. The van der Waals surface area contributed by atoms with E-state index in [1.165, 1.54) is 38.3 Å². The van der Waals surface area contributed by atoms with Crippen LogP contribution in [0.3, 0.4) is 0 Å². The lowest BCUT2D eigenvalue weighted by molar-refractivity contribution is -0.757. The molecule has 1 saturated heterocycles. The highest BCUT2D eigenvalue weighted by Gasteiger charge is 2.16. The SMILES string of the molecule is O=C(c1ccc(N2CCNCC2)nc1)[NH+]([O-])CCCCCCCCCCCCCCO[N+](=O)[O-]. The van der Waals surface area contributed by atoms with Gasteiger partial charge >= 0.3 is 5.91 Å². The van der Waals surface area contributed by atoms with E-state index in [0.717, 1.165) is 76.9 Å². The van der Waals surface area contributed by atoms with E-state index >= 15 is 0 Å². The fraction of sp³-hybridized carbons (Fsp3) is 0.750. The van der Waals surface area contributed by atoms with Gasteiger partial charge in [-0.2, -0.15) is 0 Å². The van der Waals surface area contributed by atoms with Crippen molar-refractivity contribution in [2.24, 2.45) is 0 Å². The fourth-order valence-electron chi connectivity index (χ4n) is 4.17. The topological polar surface area (TPSA) is 125 Å². The third-order valence-electron chi connectivity index (χ3n) is 6.20. The van der Waals surface area contributed by atoms with Gasteiger partial charge in [0.2, 0.25) is 0 Å². The fourth-order valence-corrected chi connectivity index (χ4v) is 4.17. The molecular weight excluding hydrogens is 438 g/mol. The van der Waals surface area contributed by atoms with Crippen molar-refractivity contribution < 1.29 is 19.8 Å². The standard InChI is InChI=1S/C24H41N5O5/c30-24(22-13-14-23(26-21-22)27-18-15-25-16-19-27)28(31)17-11-9-7-5-3-1-2-4-6-8-10-12-20-34-29(32)33/h13-14,21,25,28H,1-12,15-20H2. The van der Waals surface area contributed by atoms with Gasteiger partial charge in [0, 0.05) is 32.4 Å². The number of hydroxylamine groups is 2. The van der Waals surface area contributed by atoms with E-state index in [1.807, 2.05) is 6.07 Å². The van der Waals surface area contributed by atoms with Crippen LogP contribution in [0.25, 0.3) is 0 Å². The summed E-state index contributed by atoms with van der Waals surface area (Å²) in [6, 6.07) is 3.55. The molecule has 2 heterocycles. The number of aromatic nitrogens is 1. The van der Waals surface area contributed by atoms with Crippen LogP contribution < -0.4 is 15.3 Å². The molecule has 1 amide bonds. The van der Waals surface area contributed by atoms with Crippen LogP contribution in [0, 0.1) is 15.3 Å². The predicted octanol–water partition coefficient (Wildman–Crippen LogP) is 2.90. The largest absolute Gasteiger partial charge is 0.626 e. The second-order valence-corrected chi connectivity index (χ2v) is 8.94. The summed E-state index contributed by atoms with van der Waals surface area (Å²) in [7, 11) is 0. The van der Waals surface area contributed by atoms with Crippen molar-refractivity contribution in [1.82, 2.24) is 10.3 Å². The Hall–Kier alpha value is -2.30. The van der Waals surface area contributed by atoms with Crippen LogP contribution in [-0.2, 0) is 4.84 Å². The second kappa shape index (κ2) is 17.2. The number of hydrogen-bond donors (Lipinski definition) is 2. The Balaban J connectivity index is 1.43. The first-order chi connectivity index (χ1) is 16.6. The summed E-state index contributed by atoms with van der Waals surface area (Å²) in [6.07, 6.45) is 14.4. The minimum atomic E-state index is -0.733. The second-order valence-electron chi connectivity index (χ2n) is 8.94. The van der Waals surface area contributed by atoms with Crippen molar-refractivity contribution in [2.45, 2.75) is 77.0 Å². The minimum absolute atomic E-state index is 0.203. The minimum Gasteiger partial charge on any atom is -0.626 e. The van der Waals surface area contributed by atoms with Crippen LogP contribution in [0.15, 0.2) is 18.3 Å². The molecule has 0 saturated carbocycles. The van der Waals surface area contributed by atoms with Crippen LogP contribution in [-0.4, -0.2) is 55.3 Å². The molecule has 10 heteroatoms. The summed E-state index contributed by atoms with van der Waals surface area (Å²) in [5.41, 5.74) is 0.383. The van der Waals surface area contributed by atoms with E-state index in [-0.39, 0.29) is 11.7 Å². The van der Waals surface area contributed by atoms with Crippen molar-refractivity contribution in [3.05, 3.63) is 39.2 Å². The number of quaternary nitrogens is 1. The van der Waals surface area contributed by atoms with E-state index in [0.29, 0.717) is 12.1 Å². The van der Waals surface area contributed by atoms with Gasteiger partial charge in [-0.05, 0) is 31.4 Å². The van der Waals surface area contributed by atoms with Crippen LogP contribution in [0.1, 0.15) is 87.4 Å². The van der Waals surface area contributed by atoms with Gasteiger partial charge in [0.15, 0.2) is 0 Å². The van der Waals surface area contributed by atoms with E-state index in [2.05, 4.69) is 20.0 Å². The molecule has 0 spiro atoms. The molecule has 192 valence electrons. The quantitative estimate of drug-likeness (QED) is 0.187. The molecule has 0 aromatic carbocycles. The van der Waals surface area contributed by atoms with Gasteiger partial charge in [0.25, 0.3) is 5.09 Å². The van der Waals surface area contributed by atoms with Crippen LogP contribution in [0.2, 0.25) is 0 Å². The molecule has 1 fully saturated rings. The number of carbonyl (C=O) groups is 1. The first-order valence-electron chi connectivity index (χ1n) is 12.8. The maximum Gasteiger partial charge on any atom is 0.345 e. The molecule has 1 atom stereocenters. The van der Waals surface area contributed by atoms with Crippen molar-refractivity contribution in [3.63, 3.8) is 0 Å². The molecule has 1 aliphatic rings. The highest BCUT2D eigenvalue weighted by molar-refractivity contribution is 5.87. The molecule has 1 aromatic rings. The van der Waals surface area contributed by atoms with Crippen LogP contribution in [0.5, 0.6) is 0 Å². The molecule has 10 nitrogen and oxygen atoms in total. The van der Waals surface area contributed by atoms with E-state index in [9.17, 15) is 20.1 Å². The highest BCUT2D eigenvalue weighted by atomic mass is 16.9. The van der Waals surface area contributed by atoms with Gasteiger partial charge < -0.3 is 25.3 Å². The van der Waals surface area contributed by atoms with Crippen molar-refractivity contribution in [1.29, 1.82) is 0 Å². The predicted molar refractivity (Wildman–Crippen MR) is 131 cm³/mol. The first kappa shape index (κ1) is 27.9. The summed E-state index contributed by atoms with van der Waals surface area (Å²) >= 11 is 0. The number of piperazine rings is 1. The lowest BCUT2D eigenvalue weighted by Crippen LogP contribution is -3.10. The Morgan fingerprint density at radius 1 is 0.971 bits per heavy atom. The van der Waals surface area contributed by atoms with E-state index in [1.54, 1.807) is 6.07 Å². The number of amides is 1. The van der Waals surface area contributed by atoms with Crippen LogP contribution >= 0.6 is 0 Å². The van der Waals surface area contributed by atoms with Gasteiger partial charge in [0.1, 0.15) is 5.82 Å². The molecule has 1 aliphatic heterocycles. The monoisotopic (exact) mass is 479 g/mol. The zero-order valence-corrected chi connectivity index (χ0v) is 20.3. The highest BCUT2D eigenvalue weighted by Crippen LogP contribution is 2.13. The molecule has 2 N–H and O–H groups in total. The Labute approximate surface area is 202 Å². The molecule has 1 aromatic heterocycles. The molecule has 2 rings (SSSR count). The van der Waals surface area contributed by atoms with E-state index in [4.69, 9.17) is 0 Å². The zero-order valence-electron chi connectivity index (χ0n) is 20.3. The normalized spacial score (nSPS) is 14.7. The number of nitrogens with zero attached hydrogens (tertiary/aromatic N) is 3. The summed E-state index contributed by atoms with van der Waals surface area (Å²) in [6.45, 7) is 4.15. The van der Waals surface area contributed by atoms with Gasteiger partial charge in [-0.3, -0.25) is 0 Å². The Morgan fingerprint density at radius 3 is 2.06 bits per heavy atom. The van der Waals surface area contributed by atoms with Crippen molar-refractivity contribution in [3.8, 4) is 0 Å². The Morgan fingerprint density at radius 2 is 1.53 bits per heavy atom. The zero-order chi connectivity index (χ0) is 24.4. The molecule has 0 bridgehead atoms. The van der Waals surface area contributed by atoms with Gasteiger partial charge in [-0.25, -0.2) is 9.78 Å². The number of nitrogens with one attached hydrogen (secondary N) is 2. The number of hydrogen-bond acceptors (Lipinski definition) is 8. The lowest BCUT2D eigenvalue weighted by Gasteiger charge is -2.28. The van der Waals surface area contributed by atoms with E-state index < -0.39 is 11.0 Å². The Kier molecular flexibility index (Phi) is 14.1. The average Bonchev–Trinajstić information content (AvgIpc) is 2.86. The van der Waals surface area contributed by atoms with Crippen molar-refractivity contribution in [2.75, 3.05) is 44.2 Å². The molecular formula is C24H41N5O5. The smallest absolute Gasteiger partial charge is 0.345 e. The summed E-state index contributed by atoms with van der Waals surface area (Å²) in [4.78, 5) is 33.3. The third-order valence-corrected chi connectivity index (χ3v) is 6.20. The summed E-state index contributed by atoms with van der Waals surface area (Å²) < 4.78 is 0. The van der Waals surface area contributed by atoms with Gasteiger partial charge in [-0.15, -0.1) is 10.1 Å². The molecule has 0 aliphatic carbocycles. The number of carbonyl (C=O) groups excluding carboxylic acids is 1. The molecule has 1 unspecified atom stereocenters. The van der Waals surface area contributed by atoms with Crippen molar-refractivity contribution >= 4 is 11.7 Å².